The van der Waals surface area contributed by atoms with Gasteiger partial charge in [0.2, 0.25) is 5.91 Å². The molecule has 0 bridgehead atoms. The van der Waals surface area contributed by atoms with Gasteiger partial charge < -0.3 is 14.6 Å². The normalized spacial score (nSPS) is 12.2. The van der Waals surface area contributed by atoms with Gasteiger partial charge in [-0.3, -0.25) is 4.79 Å². The van der Waals surface area contributed by atoms with Crippen LogP contribution < -0.4 is 10.1 Å². The minimum Gasteiger partial charge on any atom is -0.497 e. The maximum Gasteiger partial charge on any atom is 0.233 e. The summed E-state index contributed by atoms with van der Waals surface area (Å²) in [5.74, 6) is 0.814. The first-order valence-corrected chi connectivity index (χ1v) is 8.49. The van der Waals surface area contributed by atoms with Crippen molar-refractivity contribution < 1.29 is 9.53 Å². The number of carbonyl (C=O) groups is 1. The summed E-state index contributed by atoms with van der Waals surface area (Å²) in [5, 5.41) is 3.63. The molecule has 1 amide bonds. The first kappa shape index (κ1) is 17.4. The van der Waals surface area contributed by atoms with Crippen molar-refractivity contribution in [2.24, 2.45) is 0 Å². The molecule has 2 aromatic rings. The van der Waals surface area contributed by atoms with E-state index in [0.717, 1.165) is 16.5 Å². The highest BCUT2D eigenvalue weighted by Crippen LogP contribution is 2.24. The van der Waals surface area contributed by atoms with Gasteiger partial charge in [0.25, 0.3) is 0 Å². The first-order valence-electron chi connectivity index (χ1n) is 7.61. The molecule has 1 N–H and O–H groups in total. The molecule has 0 aliphatic rings. The van der Waals surface area contributed by atoms with E-state index >= 15 is 0 Å². The third kappa shape index (κ3) is 4.76. The molecule has 0 aliphatic carbocycles. The van der Waals surface area contributed by atoms with Crippen molar-refractivity contribution in [1.82, 2.24) is 14.9 Å². The summed E-state index contributed by atoms with van der Waals surface area (Å²) < 4.78 is 7.19. The van der Waals surface area contributed by atoms with E-state index < -0.39 is 0 Å². The maximum absolute atomic E-state index is 12.3. The predicted molar refractivity (Wildman–Crippen MR) is 92.8 cm³/mol. The van der Waals surface area contributed by atoms with Gasteiger partial charge in [-0.05, 0) is 38.5 Å². The van der Waals surface area contributed by atoms with Gasteiger partial charge in [0.15, 0.2) is 5.16 Å². The number of imidazole rings is 1. The van der Waals surface area contributed by atoms with Crippen LogP contribution in [0.4, 0.5) is 0 Å². The molecule has 1 atom stereocenters. The van der Waals surface area contributed by atoms with Crippen molar-refractivity contribution in [3.05, 3.63) is 42.2 Å². The van der Waals surface area contributed by atoms with Crippen molar-refractivity contribution in [3.63, 3.8) is 0 Å². The number of nitrogens with zero attached hydrogens (tertiary/aromatic N) is 2. The van der Waals surface area contributed by atoms with Gasteiger partial charge in [-0.2, -0.15) is 0 Å². The van der Waals surface area contributed by atoms with E-state index in [2.05, 4.69) is 28.7 Å². The fourth-order valence-corrected chi connectivity index (χ4v) is 3.09. The number of aromatic nitrogens is 2. The van der Waals surface area contributed by atoms with Crippen LogP contribution in [0.5, 0.6) is 5.75 Å². The third-order valence-electron chi connectivity index (χ3n) is 3.47. The van der Waals surface area contributed by atoms with Gasteiger partial charge >= 0.3 is 0 Å². The molecule has 1 heterocycles. The zero-order valence-electron chi connectivity index (χ0n) is 13.9. The Morgan fingerprint density at radius 2 is 2.00 bits per heavy atom. The Morgan fingerprint density at radius 3 is 2.61 bits per heavy atom. The summed E-state index contributed by atoms with van der Waals surface area (Å²) in [6.45, 7) is 6.60. The number of rotatable bonds is 7. The Morgan fingerprint density at radius 1 is 1.30 bits per heavy atom. The Labute approximate surface area is 141 Å². The first-order chi connectivity index (χ1) is 11.0. The second-order valence-electron chi connectivity index (χ2n) is 5.54. The van der Waals surface area contributed by atoms with Gasteiger partial charge in [-0.15, -0.1) is 0 Å². The molecule has 0 saturated carbocycles. The van der Waals surface area contributed by atoms with Crippen LogP contribution in [0.3, 0.4) is 0 Å². The molecule has 0 radical (unpaired) electrons. The van der Waals surface area contributed by atoms with Gasteiger partial charge in [0.1, 0.15) is 5.75 Å². The lowest BCUT2D eigenvalue weighted by Gasteiger charge is -2.15. The van der Waals surface area contributed by atoms with Crippen LogP contribution in [0.1, 0.15) is 32.4 Å². The molecule has 0 spiro atoms. The van der Waals surface area contributed by atoms with Crippen LogP contribution in [0.2, 0.25) is 0 Å². The van der Waals surface area contributed by atoms with E-state index in [1.165, 1.54) is 11.8 Å². The number of ether oxygens (including phenoxy) is 1. The summed E-state index contributed by atoms with van der Waals surface area (Å²) in [6, 6.07) is 8.00. The van der Waals surface area contributed by atoms with Crippen molar-refractivity contribution in [3.8, 4) is 5.75 Å². The third-order valence-corrected chi connectivity index (χ3v) is 4.56. The molecular weight excluding hydrogens is 310 g/mol. The van der Waals surface area contributed by atoms with Crippen LogP contribution in [0.15, 0.2) is 41.8 Å². The van der Waals surface area contributed by atoms with Gasteiger partial charge in [-0.1, -0.05) is 23.9 Å². The highest BCUT2D eigenvalue weighted by Gasteiger charge is 2.17. The summed E-state index contributed by atoms with van der Waals surface area (Å²) in [4.78, 5) is 16.6. The van der Waals surface area contributed by atoms with E-state index in [9.17, 15) is 4.79 Å². The van der Waals surface area contributed by atoms with Gasteiger partial charge in [-0.25, -0.2) is 4.98 Å². The number of hydrogen-bond donors (Lipinski definition) is 1. The van der Waals surface area contributed by atoms with Crippen molar-refractivity contribution >= 4 is 17.7 Å². The maximum atomic E-state index is 12.3. The predicted octanol–water partition coefficient (Wildman–Crippen LogP) is 3.27. The molecule has 6 heteroatoms. The second kappa shape index (κ2) is 8.06. The van der Waals surface area contributed by atoms with Crippen LogP contribution >= 0.6 is 11.8 Å². The number of amides is 1. The quantitative estimate of drug-likeness (QED) is 0.790. The summed E-state index contributed by atoms with van der Waals surface area (Å²) in [7, 11) is 1.64. The minimum atomic E-state index is -0.201. The Hall–Kier alpha value is -1.95. The van der Waals surface area contributed by atoms with Gasteiger partial charge in [0, 0.05) is 25.0 Å². The van der Waals surface area contributed by atoms with E-state index in [4.69, 9.17) is 4.74 Å². The average molecular weight is 333 g/mol. The lowest BCUT2D eigenvalue weighted by molar-refractivity contribution is -0.120. The monoisotopic (exact) mass is 333 g/mol. The lowest BCUT2D eigenvalue weighted by atomic mass is 10.2. The molecule has 1 aromatic heterocycles. The Kier molecular flexibility index (Phi) is 6.10. The molecule has 0 unspecified atom stereocenters. The summed E-state index contributed by atoms with van der Waals surface area (Å²) in [5.41, 5.74) is 1.04. The van der Waals surface area contributed by atoms with E-state index in [0.29, 0.717) is 12.6 Å². The number of carbonyl (C=O) groups excluding carboxylic acids is 1. The Balaban J connectivity index is 1.88. The summed E-state index contributed by atoms with van der Waals surface area (Å²) >= 11 is 1.47. The smallest absolute Gasteiger partial charge is 0.233 e. The fourth-order valence-electron chi connectivity index (χ4n) is 2.07. The van der Waals surface area contributed by atoms with Crippen LogP contribution in [-0.4, -0.2) is 27.8 Å². The number of thioether (sulfide) groups is 1. The summed E-state index contributed by atoms with van der Waals surface area (Å²) in [6.07, 6.45) is 3.71. The highest BCUT2D eigenvalue weighted by atomic mass is 32.2. The molecule has 5 nitrogen and oxygen atoms in total. The lowest BCUT2D eigenvalue weighted by Crippen LogP contribution is -2.30. The van der Waals surface area contributed by atoms with Gasteiger partial charge in [0.05, 0.1) is 12.4 Å². The molecule has 1 aromatic carbocycles. The molecule has 0 saturated heterocycles. The average Bonchev–Trinajstić information content (AvgIpc) is 3.01. The van der Waals surface area contributed by atoms with Crippen LogP contribution in [0, 0.1) is 0 Å². The SMILES string of the molecule is COc1ccc(CNC(=O)[C@H](C)Sc2nccn2C(C)C)cc1. The highest BCUT2D eigenvalue weighted by molar-refractivity contribution is 8.00. The molecule has 23 heavy (non-hydrogen) atoms. The number of benzene rings is 1. The van der Waals surface area contributed by atoms with Crippen molar-refractivity contribution in [2.75, 3.05) is 7.11 Å². The molecule has 124 valence electrons. The number of methoxy groups -OCH3 is 1. The zero-order chi connectivity index (χ0) is 16.8. The minimum absolute atomic E-state index is 0.00382. The topological polar surface area (TPSA) is 56.1 Å². The standard InChI is InChI=1S/C17H23N3O2S/c1-12(2)20-10-9-18-17(20)23-13(3)16(21)19-11-14-5-7-15(22-4)8-6-14/h5-10,12-13H,11H2,1-4H3,(H,19,21)/t13-/m0/s1. The number of nitrogens with one attached hydrogen (secondary N) is 1. The zero-order valence-corrected chi connectivity index (χ0v) is 14.8. The van der Waals surface area contributed by atoms with E-state index in [-0.39, 0.29) is 11.2 Å². The van der Waals surface area contributed by atoms with Crippen LogP contribution in [0.25, 0.3) is 0 Å². The van der Waals surface area contributed by atoms with E-state index in [1.807, 2.05) is 37.4 Å². The number of hydrogen-bond acceptors (Lipinski definition) is 4. The van der Waals surface area contributed by atoms with Crippen molar-refractivity contribution in [1.29, 1.82) is 0 Å². The molecule has 0 fully saturated rings. The molecular formula is C17H23N3O2S. The van der Waals surface area contributed by atoms with Crippen LogP contribution in [-0.2, 0) is 11.3 Å². The molecule has 2 rings (SSSR count). The second-order valence-corrected chi connectivity index (χ2v) is 6.84. The van der Waals surface area contributed by atoms with Crippen molar-refractivity contribution in [2.45, 2.75) is 43.8 Å². The van der Waals surface area contributed by atoms with E-state index in [1.54, 1.807) is 13.3 Å². The Bertz CT molecular complexity index is 638. The largest absolute Gasteiger partial charge is 0.497 e. The molecule has 0 aliphatic heterocycles. The fraction of sp³-hybridized carbons (Fsp3) is 0.412.